The molecule has 0 spiro atoms. The highest BCUT2D eigenvalue weighted by atomic mass is 16.1. The number of carbonyl (C=O) groups excluding carboxylic acids is 1. The van der Waals surface area contributed by atoms with Crippen molar-refractivity contribution in [2.45, 2.75) is 27.2 Å². The molecule has 4 heteroatoms. The van der Waals surface area contributed by atoms with Crippen LogP contribution in [0.3, 0.4) is 0 Å². The zero-order valence-corrected chi connectivity index (χ0v) is 8.22. The Morgan fingerprint density at radius 3 is 2.85 bits per heavy atom. The minimum absolute atomic E-state index is 0.00403. The van der Waals surface area contributed by atoms with Crippen molar-refractivity contribution in [3.05, 3.63) is 11.9 Å². The number of nitrogens with zero attached hydrogens (tertiary/aromatic N) is 1. The van der Waals surface area contributed by atoms with Gasteiger partial charge in [-0.3, -0.25) is 10.1 Å². The largest absolute Gasteiger partial charge is 0.328 e. The summed E-state index contributed by atoms with van der Waals surface area (Å²) in [4.78, 5) is 18.2. The van der Waals surface area contributed by atoms with E-state index in [-0.39, 0.29) is 5.91 Å². The van der Waals surface area contributed by atoms with Crippen LogP contribution in [0.4, 0.5) is 5.95 Å². The van der Waals surface area contributed by atoms with E-state index in [2.05, 4.69) is 15.3 Å². The lowest BCUT2D eigenvalue weighted by Gasteiger charge is -2.03. The molecule has 0 aliphatic rings. The van der Waals surface area contributed by atoms with Crippen LogP contribution in [0.25, 0.3) is 0 Å². The molecule has 0 fully saturated rings. The molecule has 0 aliphatic heterocycles. The van der Waals surface area contributed by atoms with Gasteiger partial charge in [0.1, 0.15) is 0 Å². The molecule has 0 saturated carbocycles. The number of aryl methyl sites for hydroxylation is 1. The topological polar surface area (TPSA) is 57.8 Å². The lowest BCUT2D eigenvalue weighted by molar-refractivity contribution is -0.116. The van der Waals surface area contributed by atoms with E-state index in [1.807, 2.05) is 20.8 Å². The third kappa shape index (κ3) is 3.27. The smallest absolute Gasteiger partial charge is 0.226 e. The quantitative estimate of drug-likeness (QED) is 0.745. The van der Waals surface area contributed by atoms with Crippen LogP contribution < -0.4 is 5.32 Å². The van der Waals surface area contributed by atoms with E-state index >= 15 is 0 Å². The van der Waals surface area contributed by atoms with Crippen LogP contribution in [-0.4, -0.2) is 15.9 Å². The highest BCUT2D eigenvalue weighted by Gasteiger charge is 2.06. The number of aromatic amines is 1. The van der Waals surface area contributed by atoms with Gasteiger partial charge in [0.05, 0.1) is 0 Å². The maximum absolute atomic E-state index is 11.3. The molecule has 72 valence electrons. The summed E-state index contributed by atoms with van der Waals surface area (Å²) in [7, 11) is 0. The van der Waals surface area contributed by atoms with Gasteiger partial charge in [-0.25, -0.2) is 4.98 Å². The fourth-order valence-electron chi connectivity index (χ4n) is 1.03. The second kappa shape index (κ2) is 4.07. The molecular weight excluding hydrogens is 166 g/mol. The summed E-state index contributed by atoms with van der Waals surface area (Å²) in [5.74, 6) is 0.906. The number of nitrogens with one attached hydrogen (secondary N) is 2. The first kappa shape index (κ1) is 9.77. The van der Waals surface area contributed by atoms with Gasteiger partial charge in [-0.1, -0.05) is 13.8 Å². The van der Waals surface area contributed by atoms with E-state index in [9.17, 15) is 4.79 Å². The monoisotopic (exact) mass is 181 g/mol. The first-order valence-electron chi connectivity index (χ1n) is 4.39. The SMILES string of the molecule is Cc1cnc(NC(=O)CC(C)C)[nH]1. The maximum Gasteiger partial charge on any atom is 0.226 e. The summed E-state index contributed by atoms with van der Waals surface area (Å²) >= 11 is 0. The number of hydrogen-bond donors (Lipinski definition) is 2. The molecule has 0 radical (unpaired) electrons. The normalized spacial score (nSPS) is 10.5. The second-order valence-electron chi connectivity index (χ2n) is 3.56. The average molecular weight is 181 g/mol. The predicted octanol–water partition coefficient (Wildman–Crippen LogP) is 1.70. The minimum Gasteiger partial charge on any atom is -0.328 e. The van der Waals surface area contributed by atoms with Gasteiger partial charge in [0.15, 0.2) is 0 Å². The Morgan fingerprint density at radius 2 is 2.38 bits per heavy atom. The van der Waals surface area contributed by atoms with Gasteiger partial charge in [-0.05, 0) is 12.8 Å². The predicted molar refractivity (Wildman–Crippen MR) is 51.4 cm³/mol. The van der Waals surface area contributed by atoms with E-state index in [1.165, 1.54) is 0 Å². The first-order chi connectivity index (χ1) is 6.08. The summed E-state index contributed by atoms with van der Waals surface area (Å²) in [5.41, 5.74) is 0.944. The molecule has 1 aromatic heterocycles. The Bertz CT molecular complexity index is 291. The highest BCUT2D eigenvalue weighted by Crippen LogP contribution is 2.04. The lowest BCUT2D eigenvalue weighted by Crippen LogP contribution is -2.14. The molecular formula is C9H15N3O. The molecule has 1 aromatic rings. The third-order valence-corrected chi connectivity index (χ3v) is 1.55. The summed E-state index contributed by atoms with van der Waals surface area (Å²) in [5, 5.41) is 2.69. The van der Waals surface area contributed by atoms with Gasteiger partial charge in [0.2, 0.25) is 11.9 Å². The van der Waals surface area contributed by atoms with E-state index in [1.54, 1.807) is 6.20 Å². The molecule has 0 atom stereocenters. The molecule has 0 aliphatic carbocycles. The fraction of sp³-hybridized carbons (Fsp3) is 0.556. The van der Waals surface area contributed by atoms with Crippen molar-refractivity contribution in [1.29, 1.82) is 0 Å². The van der Waals surface area contributed by atoms with Crippen LogP contribution in [0.15, 0.2) is 6.20 Å². The van der Waals surface area contributed by atoms with Crippen molar-refractivity contribution >= 4 is 11.9 Å². The fourth-order valence-corrected chi connectivity index (χ4v) is 1.03. The molecule has 13 heavy (non-hydrogen) atoms. The van der Waals surface area contributed by atoms with Gasteiger partial charge in [0, 0.05) is 18.3 Å². The number of rotatable bonds is 3. The number of imidazole rings is 1. The van der Waals surface area contributed by atoms with Crippen molar-refractivity contribution in [3.8, 4) is 0 Å². The molecule has 1 heterocycles. The maximum atomic E-state index is 11.3. The Labute approximate surface area is 77.8 Å². The van der Waals surface area contributed by atoms with Crippen molar-refractivity contribution in [3.63, 3.8) is 0 Å². The molecule has 0 bridgehead atoms. The molecule has 0 saturated heterocycles. The van der Waals surface area contributed by atoms with Gasteiger partial charge in [0.25, 0.3) is 0 Å². The van der Waals surface area contributed by atoms with E-state index in [0.717, 1.165) is 5.69 Å². The highest BCUT2D eigenvalue weighted by molar-refractivity contribution is 5.89. The van der Waals surface area contributed by atoms with Crippen molar-refractivity contribution < 1.29 is 4.79 Å². The molecule has 0 unspecified atom stereocenters. The number of hydrogen-bond acceptors (Lipinski definition) is 2. The minimum atomic E-state index is 0.00403. The van der Waals surface area contributed by atoms with Crippen LogP contribution in [0, 0.1) is 12.8 Å². The average Bonchev–Trinajstić information content (AvgIpc) is 2.33. The van der Waals surface area contributed by atoms with Crippen LogP contribution in [0.1, 0.15) is 26.0 Å². The standard InChI is InChI=1S/C9H15N3O/c1-6(2)4-8(13)12-9-10-5-7(3)11-9/h5-6H,4H2,1-3H3,(H2,10,11,12,13). The second-order valence-corrected chi connectivity index (χ2v) is 3.56. The Morgan fingerprint density at radius 1 is 1.69 bits per heavy atom. The van der Waals surface area contributed by atoms with E-state index < -0.39 is 0 Å². The summed E-state index contributed by atoms with van der Waals surface area (Å²) < 4.78 is 0. The van der Waals surface area contributed by atoms with E-state index in [4.69, 9.17) is 0 Å². The molecule has 4 nitrogen and oxygen atoms in total. The zero-order valence-electron chi connectivity index (χ0n) is 8.22. The Kier molecular flexibility index (Phi) is 3.06. The number of carbonyl (C=O) groups is 1. The summed E-state index contributed by atoms with van der Waals surface area (Å²) in [6, 6.07) is 0. The van der Waals surface area contributed by atoms with Gasteiger partial charge in [-0.2, -0.15) is 0 Å². The van der Waals surface area contributed by atoms with Crippen molar-refractivity contribution in [1.82, 2.24) is 9.97 Å². The van der Waals surface area contributed by atoms with E-state index in [0.29, 0.717) is 18.3 Å². The number of amides is 1. The number of anilines is 1. The molecule has 0 aromatic carbocycles. The zero-order chi connectivity index (χ0) is 9.84. The first-order valence-corrected chi connectivity index (χ1v) is 4.39. The van der Waals surface area contributed by atoms with Gasteiger partial charge in [-0.15, -0.1) is 0 Å². The number of H-pyrrole nitrogens is 1. The van der Waals surface area contributed by atoms with Crippen molar-refractivity contribution in [2.24, 2.45) is 5.92 Å². The van der Waals surface area contributed by atoms with Crippen LogP contribution in [0.5, 0.6) is 0 Å². The molecule has 1 amide bonds. The van der Waals surface area contributed by atoms with Crippen LogP contribution in [0.2, 0.25) is 0 Å². The summed E-state index contributed by atoms with van der Waals surface area (Å²) in [6.07, 6.45) is 2.21. The lowest BCUT2D eigenvalue weighted by atomic mass is 10.1. The Balaban J connectivity index is 2.45. The molecule has 1 rings (SSSR count). The van der Waals surface area contributed by atoms with Gasteiger partial charge >= 0.3 is 0 Å². The van der Waals surface area contributed by atoms with Crippen LogP contribution in [-0.2, 0) is 4.79 Å². The third-order valence-electron chi connectivity index (χ3n) is 1.55. The van der Waals surface area contributed by atoms with Crippen LogP contribution >= 0.6 is 0 Å². The Hall–Kier alpha value is -1.32. The summed E-state index contributed by atoms with van der Waals surface area (Å²) in [6.45, 7) is 5.91. The number of aromatic nitrogens is 2. The molecule has 2 N–H and O–H groups in total. The van der Waals surface area contributed by atoms with Crippen molar-refractivity contribution in [2.75, 3.05) is 5.32 Å². The van der Waals surface area contributed by atoms with Gasteiger partial charge < -0.3 is 4.98 Å².